The van der Waals surface area contributed by atoms with Gasteiger partial charge >= 0.3 is 12.2 Å². The maximum Gasteiger partial charge on any atom is 0.411 e. The molecule has 2 aliphatic rings. The second-order valence-electron chi connectivity index (χ2n) is 15.6. The van der Waals surface area contributed by atoms with Crippen LogP contribution in [0.15, 0.2) is 84.7 Å². The summed E-state index contributed by atoms with van der Waals surface area (Å²) in [5.74, 6) is 1.49. The minimum atomic E-state index is -0.573. The third kappa shape index (κ3) is 7.41. The first-order chi connectivity index (χ1) is 24.2. The summed E-state index contributed by atoms with van der Waals surface area (Å²) in [5, 5.41) is 2.25. The van der Waals surface area contributed by atoms with Gasteiger partial charge in [0, 0.05) is 18.7 Å². The molecule has 0 radical (unpaired) electrons. The molecule has 2 N–H and O–H groups in total. The van der Waals surface area contributed by atoms with E-state index in [4.69, 9.17) is 9.47 Å². The molecule has 3 aromatic carbocycles. The molecule has 0 aliphatic carbocycles. The molecule has 2 amide bonds. The predicted molar refractivity (Wildman–Crippen MR) is 199 cm³/mol. The smallest absolute Gasteiger partial charge is 0.411 e. The molecule has 2 aliphatic heterocycles. The van der Waals surface area contributed by atoms with E-state index in [1.807, 2.05) is 60.9 Å². The number of amides is 2. The third-order valence-electron chi connectivity index (χ3n) is 9.17. The summed E-state index contributed by atoms with van der Waals surface area (Å²) >= 11 is 0. The first kappa shape index (κ1) is 34.1. The molecule has 0 unspecified atom stereocenters. The van der Waals surface area contributed by atoms with Crippen molar-refractivity contribution in [3.05, 3.63) is 96.4 Å². The van der Waals surface area contributed by atoms with Crippen molar-refractivity contribution in [2.45, 2.75) is 84.6 Å². The van der Waals surface area contributed by atoms with Gasteiger partial charge in [-0.3, -0.25) is 9.80 Å². The SMILES string of the molecule is CC1=C[C@@H](c2ncc(-c3ccc4cc(-c5ccc(-c6cnc([C@@H]7CCCN7C(=O)OC(C)(C)C)[nH]6)cc5)ccc4c3)[nH]2)N(C(=O)OC(C)(C)C)C1. The fraction of sp³-hybridized carbons (Fsp3) is 0.366. The van der Waals surface area contributed by atoms with Crippen molar-refractivity contribution in [2.24, 2.45) is 0 Å². The molecule has 2 aromatic heterocycles. The summed E-state index contributed by atoms with van der Waals surface area (Å²) in [6, 6.07) is 20.9. The Labute approximate surface area is 298 Å². The maximum absolute atomic E-state index is 12.9. The fourth-order valence-corrected chi connectivity index (χ4v) is 6.82. The highest BCUT2D eigenvalue weighted by molar-refractivity contribution is 5.90. The molecule has 7 rings (SSSR count). The normalized spacial score (nSPS) is 18.0. The van der Waals surface area contributed by atoms with E-state index in [9.17, 15) is 9.59 Å². The number of nitrogens with one attached hydrogen (secondary N) is 2. The highest BCUT2D eigenvalue weighted by Gasteiger charge is 2.35. The number of benzene rings is 3. The molecular weight excluding hydrogens is 640 g/mol. The minimum absolute atomic E-state index is 0.121. The molecule has 1 fully saturated rings. The zero-order valence-corrected chi connectivity index (χ0v) is 30.4. The average molecular weight is 687 g/mol. The van der Waals surface area contributed by atoms with E-state index in [0.717, 1.165) is 68.7 Å². The zero-order valence-electron chi connectivity index (χ0n) is 30.4. The number of aromatic nitrogens is 4. The number of rotatable bonds is 5. The monoisotopic (exact) mass is 686 g/mol. The lowest BCUT2D eigenvalue weighted by Crippen LogP contribution is -2.37. The van der Waals surface area contributed by atoms with Crippen LogP contribution in [0.5, 0.6) is 0 Å². The van der Waals surface area contributed by atoms with Gasteiger partial charge in [-0.15, -0.1) is 0 Å². The number of carbonyl (C=O) groups excluding carboxylic acids is 2. The number of hydrogen-bond acceptors (Lipinski definition) is 6. The summed E-state index contributed by atoms with van der Waals surface area (Å²) in [7, 11) is 0. The number of H-pyrrole nitrogens is 2. The average Bonchev–Trinajstić information content (AvgIpc) is 3.89. The quantitative estimate of drug-likeness (QED) is 0.178. The Bertz CT molecular complexity index is 2110. The van der Waals surface area contributed by atoms with Crippen LogP contribution < -0.4 is 0 Å². The third-order valence-corrected chi connectivity index (χ3v) is 9.17. The fourth-order valence-electron chi connectivity index (χ4n) is 6.82. The second kappa shape index (κ2) is 13.1. The van der Waals surface area contributed by atoms with Gasteiger partial charge in [0.2, 0.25) is 0 Å². The van der Waals surface area contributed by atoms with Crippen LogP contribution >= 0.6 is 0 Å². The van der Waals surface area contributed by atoms with Gasteiger partial charge in [-0.25, -0.2) is 19.6 Å². The zero-order chi connectivity index (χ0) is 36.1. The Morgan fingerprint density at radius 2 is 1.24 bits per heavy atom. The van der Waals surface area contributed by atoms with E-state index in [0.29, 0.717) is 18.9 Å². The Balaban J connectivity index is 1.05. The van der Waals surface area contributed by atoms with Crippen molar-refractivity contribution in [1.82, 2.24) is 29.7 Å². The number of carbonyl (C=O) groups is 2. The van der Waals surface area contributed by atoms with E-state index in [1.165, 1.54) is 0 Å². The van der Waals surface area contributed by atoms with Crippen molar-refractivity contribution in [1.29, 1.82) is 0 Å². The molecule has 1 saturated heterocycles. The van der Waals surface area contributed by atoms with Crippen LogP contribution in [-0.2, 0) is 9.47 Å². The number of aromatic amines is 2. The van der Waals surface area contributed by atoms with Gasteiger partial charge in [-0.2, -0.15) is 0 Å². The summed E-state index contributed by atoms with van der Waals surface area (Å²) in [5.41, 5.74) is 6.08. The Morgan fingerprint density at radius 1 is 0.706 bits per heavy atom. The first-order valence-electron chi connectivity index (χ1n) is 17.6. The standard InChI is InChI=1S/C41H46N6O4/c1-25-19-35(47(24-25)39(49)51-41(5,6)7)37-43-23-33(45-37)31-17-16-29-20-28(14-15-30(29)21-31)26-10-12-27(13-11-26)32-22-42-36(44-32)34-9-8-18-46(34)38(48)50-40(2,3)4/h10-17,19-23,34-35H,8-9,18,24H2,1-7H3,(H,42,44)(H,43,45)/t34-,35-/m0/s1. The Hall–Kier alpha value is -5.38. The van der Waals surface area contributed by atoms with Crippen LogP contribution in [-0.4, -0.2) is 66.2 Å². The molecule has 51 heavy (non-hydrogen) atoms. The topological polar surface area (TPSA) is 116 Å². The van der Waals surface area contributed by atoms with E-state index in [-0.39, 0.29) is 24.3 Å². The molecule has 0 bridgehead atoms. The second-order valence-corrected chi connectivity index (χ2v) is 15.6. The van der Waals surface area contributed by atoms with Crippen LogP contribution in [0.1, 0.15) is 85.0 Å². The van der Waals surface area contributed by atoms with E-state index in [1.54, 1.807) is 9.80 Å². The number of fused-ring (bicyclic) bond motifs is 1. The van der Waals surface area contributed by atoms with Crippen LogP contribution in [0.3, 0.4) is 0 Å². The maximum atomic E-state index is 12.9. The Kier molecular flexibility index (Phi) is 8.73. The van der Waals surface area contributed by atoms with Gasteiger partial charge in [0.05, 0.1) is 29.8 Å². The van der Waals surface area contributed by atoms with Crippen LogP contribution in [0.2, 0.25) is 0 Å². The molecular formula is C41H46N6O4. The van der Waals surface area contributed by atoms with E-state index >= 15 is 0 Å². The van der Waals surface area contributed by atoms with Gasteiger partial charge in [-0.05, 0) is 101 Å². The van der Waals surface area contributed by atoms with Crippen molar-refractivity contribution in [3.8, 4) is 33.6 Å². The molecule has 0 saturated carbocycles. The van der Waals surface area contributed by atoms with Crippen LogP contribution in [0.4, 0.5) is 9.59 Å². The number of ether oxygens (including phenoxy) is 2. The lowest BCUT2D eigenvalue weighted by Gasteiger charge is -2.27. The molecule has 264 valence electrons. The molecule has 10 heteroatoms. The van der Waals surface area contributed by atoms with Crippen LogP contribution in [0.25, 0.3) is 44.4 Å². The molecule has 2 atom stereocenters. The summed E-state index contributed by atoms with van der Waals surface area (Å²) in [4.78, 5) is 45.5. The molecule has 4 heterocycles. The number of likely N-dealkylation sites (tertiary alicyclic amines) is 1. The molecule has 0 spiro atoms. The Morgan fingerprint density at radius 3 is 1.90 bits per heavy atom. The largest absolute Gasteiger partial charge is 0.444 e. The summed E-state index contributed by atoms with van der Waals surface area (Å²) < 4.78 is 11.3. The van der Waals surface area contributed by atoms with Crippen LogP contribution in [0, 0.1) is 0 Å². The highest BCUT2D eigenvalue weighted by atomic mass is 16.6. The first-order valence-corrected chi connectivity index (χ1v) is 17.6. The highest BCUT2D eigenvalue weighted by Crippen LogP contribution is 2.35. The lowest BCUT2D eigenvalue weighted by molar-refractivity contribution is 0.0213. The van der Waals surface area contributed by atoms with Crippen molar-refractivity contribution in [2.75, 3.05) is 13.1 Å². The summed E-state index contributed by atoms with van der Waals surface area (Å²) in [6.45, 7) is 14.5. The van der Waals surface area contributed by atoms with E-state index in [2.05, 4.69) is 86.7 Å². The van der Waals surface area contributed by atoms with Crippen molar-refractivity contribution >= 4 is 23.0 Å². The van der Waals surface area contributed by atoms with Gasteiger partial charge in [0.25, 0.3) is 0 Å². The minimum Gasteiger partial charge on any atom is -0.444 e. The summed E-state index contributed by atoms with van der Waals surface area (Å²) in [6.07, 6.45) is 6.85. The number of nitrogens with zero attached hydrogens (tertiary/aromatic N) is 4. The number of imidazole rings is 2. The molecule has 5 aromatic rings. The predicted octanol–water partition coefficient (Wildman–Crippen LogP) is 9.60. The van der Waals surface area contributed by atoms with E-state index < -0.39 is 11.2 Å². The van der Waals surface area contributed by atoms with Gasteiger partial charge in [-0.1, -0.05) is 60.2 Å². The van der Waals surface area contributed by atoms with Gasteiger partial charge < -0.3 is 19.4 Å². The van der Waals surface area contributed by atoms with Crippen molar-refractivity contribution in [3.63, 3.8) is 0 Å². The van der Waals surface area contributed by atoms with Gasteiger partial charge in [0.1, 0.15) is 28.9 Å². The number of hydrogen-bond donors (Lipinski definition) is 2. The van der Waals surface area contributed by atoms with Gasteiger partial charge in [0.15, 0.2) is 0 Å². The van der Waals surface area contributed by atoms with Crippen molar-refractivity contribution < 1.29 is 19.1 Å². The lowest BCUT2D eigenvalue weighted by atomic mass is 9.98. The molecule has 10 nitrogen and oxygen atoms in total.